The third-order valence-electron chi connectivity index (χ3n) is 3.27. The van der Waals surface area contributed by atoms with Crippen molar-refractivity contribution in [2.75, 3.05) is 13.1 Å². The molecular weight excluding hydrogens is 282 g/mol. The van der Waals surface area contributed by atoms with Crippen LogP contribution < -0.4 is 5.32 Å². The van der Waals surface area contributed by atoms with Gasteiger partial charge in [0.25, 0.3) is 0 Å². The molecule has 0 radical (unpaired) electrons. The predicted octanol–water partition coefficient (Wildman–Crippen LogP) is 3.88. The van der Waals surface area contributed by atoms with Gasteiger partial charge in [-0.05, 0) is 38.1 Å². The molecule has 110 valence electrons. The summed E-state index contributed by atoms with van der Waals surface area (Å²) in [6, 6.07) is 10.0. The maximum Gasteiger partial charge on any atom is 0.183 e. The molecule has 5 heteroatoms. The van der Waals surface area contributed by atoms with Crippen molar-refractivity contribution in [2.24, 2.45) is 0 Å². The summed E-state index contributed by atoms with van der Waals surface area (Å²) in [7, 11) is 0. The first-order valence-corrected chi connectivity index (χ1v) is 8.20. The van der Waals surface area contributed by atoms with Crippen LogP contribution in [0, 0.1) is 0 Å². The number of furan rings is 1. The Morgan fingerprint density at radius 2 is 2.10 bits per heavy atom. The number of hydrogen-bond donors (Lipinski definition) is 1. The number of benzene rings is 1. The molecular formula is C16H19N3OS. The molecule has 0 saturated carbocycles. The molecule has 0 unspecified atom stereocenters. The molecule has 0 spiro atoms. The minimum Gasteiger partial charge on any atom is -0.453 e. The van der Waals surface area contributed by atoms with E-state index in [9.17, 15) is 0 Å². The molecule has 0 fully saturated rings. The monoisotopic (exact) mass is 301 g/mol. The molecule has 3 aromatic rings. The van der Waals surface area contributed by atoms with Crippen molar-refractivity contribution in [3.05, 3.63) is 35.3 Å². The molecule has 2 heterocycles. The van der Waals surface area contributed by atoms with Crippen LogP contribution in [0.15, 0.2) is 34.7 Å². The zero-order valence-electron chi connectivity index (χ0n) is 12.1. The van der Waals surface area contributed by atoms with E-state index in [1.54, 1.807) is 11.3 Å². The van der Waals surface area contributed by atoms with Crippen LogP contribution in [0.3, 0.4) is 0 Å². The summed E-state index contributed by atoms with van der Waals surface area (Å²) < 4.78 is 5.82. The first kappa shape index (κ1) is 14.2. The van der Waals surface area contributed by atoms with Crippen molar-refractivity contribution in [3.8, 4) is 10.8 Å². The highest BCUT2D eigenvalue weighted by molar-refractivity contribution is 7.14. The molecule has 0 saturated heterocycles. The lowest BCUT2D eigenvalue weighted by Crippen LogP contribution is -2.16. The Labute approximate surface area is 128 Å². The topological polar surface area (TPSA) is 51.0 Å². The van der Waals surface area contributed by atoms with Gasteiger partial charge >= 0.3 is 0 Å². The van der Waals surface area contributed by atoms with Gasteiger partial charge in [-0.2, -0.15) is 0 Å². The number of para-hydroxylation sites is 1. The number of nitrogens with zero attached hydrogens (tertiary/aromatic N) is 2. The van der Waals surface area contributed by atoms with Crippen molar-refractivity contribution in [1.29, 1.82) is 0 Å². The molecule has 0 aliphatic rings. The van der Waals surface area contributed by atoms with E-state index in [0.717, 1.165) is 52.7 Å². The maximum absolute atomic E-state index is 5.82. The van der Waals surface area contributed by atoms with Crippen molar-refractivity contribution in [2.45, 2.75) is 26.2 Å². The molecule has 21 heavy (non-hydrogen) atoms. The van der Waals surface area contributed by atoms with Gasteiger partial charge < -0.3 is 9.73 Å². The number of nitrogens with one attached hydrogen (secondary N) is 1. The van der Waals surface area contributed by atoms with E-state index in [4.69, 9.17) is 4.42 Å². The second-order valence-corrected chi connectivity index (χ2v) is 6.07. The van der Waals surface area contributed by atoms with Crippen LogP contribution in [0.1, 0.15) is 24.8 Å². The molecule has 0 aliphatic heterocycles. The van der Waals surface area contributed by atoms with Crippen LogP contribution in [0.2, 0.25) is 0 Å². The Kier molecular flexibility index (Phi) is 4.62. The van der Waals surface area contributed by atoms with E-state index in [1.165, 1.54) is 6.42 Å². The highest BCUT2D eigenvalue weighted by Crippen LogP contribution is 2.29. The maximum atomic E-state index is 5.82. The van der Waals surface area contributed by atoms with Gasteiger partial charge in [-0.15, -0.1) is 10.2 Å². The average molecular weight is 301 g/mol. The van der Waals surface area contributed by atoms with Gasteiger partial charge in [0.15, 0.2) is 10.8 Å². The van der Waals surface area contributed by atoms with Gasteiger partial charge in [-0.1, -0.05) is 36.5 Å². The zero-order chi connectivity index (χ0) is 14.5. The highest BCUT2D eigenvalue weighted by Gasteiger charge is 2.11. The minimum atomic E-state index is 0.809. The number of aryl methyl sites for hydroxylation is 1. The van der Waals surface area contributed by atoms with Crippen LogP contribution in [-0.2, 0) is 6.42 Å². The lowest BCUT2D eigenvalue weighted by molar-refractivity contribution is 0.629. The molecule has 1 aromatic carbocycles. The van der Waals surface area contributed by atoms with Crippen LogP contribution in [0.25, 0.3) is 21.7 Å². The number of rotatable bonds is 7. The molecule has 1 N–H and O–H groups in total. The van der Waals surface area contributed by atoms with Crippen LogP contribution in [-0.4, -0.2) is 23.3 Å². The van der Waals surface area contributed by atoms with Crippen LogP contribution >= 0.6 is 11.3 Å². The van der Waals surface area contributed by atoms with E-state index in [0.29, 0.717) is 0 Å². The van der Waals surface area contributed by atoms with Crippen molar-refractivity contribution in [3.63, 3.8) is 0 Å². The van der Waals surface area contributed by atoms with Gasteiger partial charge in [0, 0.05) is 11.8 Å². The van der Waals surface area contributed by atoms with Crippen molar-refractivity contribution >= 4 is 22.3 Å². The van der Waals surface area contributed by atoms with Crippen LogP contribution in [0.4, 0.5) is 0 Å². The normalized spacial score (nSPS) is 11.3. The Balaban J connectivity index is 1.64. The quantitative estimate of drug-likeness (QED) is 0.673. The number of aromatic nitrogens is 2. The summed E-state index contributed by atoms with van der Waals surface area (Å²) in [5, 5.41) is 15.0. The van der Waals surface area contributed by atoms with Gasteiger partial charge in [-0.3, -0.25) is 0 Å². The standard InChI is InChI=1S/C16H19N3OS/c1-2-9-17-10-5-8-15-18-19-16(21-15)14-11-12-6-3-4-7-13(12)20-14/h3-4,6-7,11,17H,2,5,8-10H2,1H3. The number of fused-ring (bicyclic) bond motifs is 1. The predicted molar refractivity (Wildman–Crippen MR) is 86.6 cm³/mol. The zero-order valence-corrected chi connectivity index (χ0v) is 12.9. The second kappa shape index (κ2) is 6.83. The van der Waals surface area contributed by atoms with Crippen molar-refractivity contribution in [1.82, 2.24) is 15.5 Å². The molecule has 0 atom stereocenters. The van der Waals surface area contributed by atoms with Gasteiger partial charge in [0.1, 0.15) is 10.6 Å². The van der Waals surface area contributed by atoms with Gasteiger partial charge in [0.2, 0.25) is 0 Å². The summed E-state index contributed by atoms with van der Waals surface area (Å²) in [6.07, 6.45) is 3.23. The fourth-order valence-corrected chi connectivity index (χ4v) is 3.04. The van der Waals surface area contributed by atoms with Gasteiger partial charge in [0.05, 0.1) is 0 Å². The molecule has 4 nitrogen and oxygen atoms in total. The van der Waals surface area contributed by atoms with Crippen LogP contribution in [0.5, 0.6) is 0 Å². The van der Waals surface area contributed by atoms with E-state index >= 15 is 0 Å². The molecule has 3 rings (SSSR count). The summed E-state index contributed by atoms with van der Waals surface area (Å²) in [5.74, 6) is 0.809. The second-order valence-electron chi connectivity index (χ2n) is 5.00. The molecule has 2 aromatic heterocycles. The van der Waals surface area contributed by atoms with E-state index in [-0.39, 0.29) is 0 Å². The third-order valence-corrected chi connectivity index (χ3v) is 4.27. The first-order valence-electron chi connectivity index (χ1n) is 7.39. The lowest BCUT2D eigenvalue weighted by atomic mass is 10.2. The fraction of sp³-hybridized carbons (Fsp3) is 0.375. The Hall–Kier alpha value is -1.72. The molecule has 0 amide bonds. The Bertz CT molecular complexity index is 671. The minimum absolute atomic E-state index is 0.809. The highest BCUT2D eigenvalue weighted by atomic mass is 32.1. The summed E-state index contributed by atoms with van der Waals surface area (Å²) in [5.41, 5.74) is 0.896. The summed E-state index contributed by atoms with van der Waals surface area (Å²) >= 11 is 1.62. The smallest absolute Gasteiger partial charge is 0.183 e. The first-order chi connectivity index (χ1) is 10.4. The van der Waals surface area contributed by atoms with Crippen molar-refractivity contribution < 1.29 is 4.42 Å². The molecule has 0 aliphatic carbocycles. The summed E-state index contributed by atoms with van der Waals surface area (Å²) in [6.45, 7) is 4.30. The van der Waals surface area contributed by atoms with Gasteiger partial charge in [-0.25, -0.2) is 0 Å². The fourth-order valence-electron chi connectivity index (χ4n) is 2.21. The van der Waals surface area contributed by atoms with E-state index in [2.05, 4.69) is 22.4 Å². The largest absolute Gasteiger partial charge is 0.453 e. The summed E-state index contributed by atoms with van der Waals surface area (Å²) in [4.78, 5) is 0. The number of hydrogen-bond acceptors (Lipinski definition) is 5. The lowest BCUT2D eigenvalue weighted by Gasteiger charge is -1.99. The van der Waals surface area contributed by atoms with E-state index < -0.39 is 0 Å². The molecule has 0 bridgehead atoms. The third kappa shape index (κ3) is 3.49. The van der Waals surface area contributed by atoms with E-state index in [1.807, 2.05) is 30.3 Å². The Morgan fingerprint density at radius 3 is 2.95 bits per heavy atom. The average Bonchev–Trinajstić information content (AvgIpc) is 3.13. The SMILES string of the molecule is CCCNCCCc1nnc(-c2cc3ccccc3o2)s1. The Morgan fingerprint density at radius 1 is 1.19 bits per heavy atom.